The van der Waals surface area contributed by atoms with E-state index in [1.165, 1.54) is 30.6 Å². The van der Waals surface area contributed by atoms with Gasteiger partial charge in [0.15, 0.2) is 0 Å². The number of nitrogens with one attached hydrogen (secondary N) is 2. The summed E-state index contributed by atoms with van der Waals surface area (Å²) in [5, 5.41) is 6.13. The lowest BCUT2D eigenvalue weighted by atomic mass is 10.3. The van der Waals surface area contributed by atoms with Crippen LogP contribution >= 0.6 is 23.2 Å². The van der Waals surface area contributed by atoms with Crippen LogP contribution in [-0.2, 0) is 0 Å². The molecular formula is C17H11Cl2FN4O. The van der Waals surface area contributed by atoms with Crippen LogP contribution in [0.25, 0.3) is 0 Å². The zero-order chi connectivity index (χ0) is 17.8. The van der Waals surface area contributed by atoms with Crippen molar-refractivity contribution < 1.29 is 9.18 Å². The van der Waals surface area contributed by atoms with Gasteiger partial charge in [0.1, 0.15) is 23.7 Å². The quantitative estimate of drug-likeness (QED) is 0.678. The Labute approximate surface area is 152 Å². The molecule has 0 saturated carbocycles. The van der Waals surface area contributed by atoms with Gasteiger partial charge in [-0.25, -0.2) is 14.4 Å². The third-order valence-electron chi connectivity index (χ3n) is 3.17. The molecule has 3 rings (SSSR count). The van der Waals surface area contributed by atoms with Gasteiger partial charge in [-0.15, -0.1) is 0 Å². The Morgan fingerprint density at radius 2 is 1.84 bits per heavy atom. The molecular weight excluding hydrogens is 366 g/mol. The molecule has 2 aromatic carbocycles. The highest BCUT2D eigenvalue weighted by atomic mass is 35.5. The molecule has 0 unspecified atom stereocenters. The molecule has 0 aliphatic carbocycles. The number of rotatable bonds is 4. The van der Waals surface area contributed by atoms with E-state index >= 15 is 0 Å². The Morgan fingerprint density at radius 1 is 1.00 bits per heavy atom. The highest BCUT2D eigenvalue weighted by Gasteiger charge is 2.10. The van der Waals surface area contributed by atoms with Crippen molar-refractivity contribution >= 4 is 46.3 Å². The van der Waals surface area contributed by atoms with Crippen molar-refractivity contribution in [3.05, 3.63) is 76.4 Å². The van der Waals surface area contributed by atoms with Crippen molar-refractivity contribution in [2.24, 2.45) is 0 Å². The third kappa shape index (κ3) is 4.43. The SMILES string of the molecule is O=C(Nc1cccc(Cl)c1)c1cc(Nc2ccc(F)c(Cl)c2)ncn1. The second-order valence-electron chi connectivity index (χ2n) is 5.01. The van der Waals surface area contributed by atoms with Crippen LogP contribution in [0.15, 0.2) is 54.9 Å². The highest BCUT2D eigenvalue weighted by Crippen LogP contribution is 2.22. The van der Waals surface area contributed by atoms with Crippen molar-refractivity contribution in [2.45, 2.75) is 0 Å². The van der Waals surface area contributed by atoms with E-state index in [2.05, 4.69) is 20.6 Å². The topological polar surface area (TPSA) is 66.9 Å². The van der Waals surface area contributed by atoms with E-state index in [4.69, 9.17) is 23.2 Å². The number of hydrogen-bond acceptors (Lipinski definition) is 4. The molecule has 0 aliphatic rings. The summed E-state index contributed by atoms with van der Waals surface area (Å²) in [6, 6.07) is 12.4. The van der Waals surface area contributed by atoms with E-state index in [0.29, 0.717) is 22.2 Å². The number of hydrogen-bond donors (Lipinski definition) is 2. The lowest BCUT2D eigenvalue weighted by Gasteiger charge is -2.08. The normalized spacial score (nSPS) is 10.4. The number of halogens is 3. The molecule has 3 aromatic rings. The Balaban J connectivity index is 1.76. The molecule has 0 aliphatic heterocycles. The van der Waals surface area contributed by atoms with Crippen LogP contribution in [0.4, 0.5) is 21.6 Å². The Bertz CT molecular complexity index is 936. The van der Waals surface area contributed by atoms with E-state index in [1.54, 1.807) is 24.3 Å². The highest BCUT2D eigenvalue weighted by molar-refractivity contribution is 6.31. The molecule has 5 nitrogen and oxygen atoms in total. The summed E-state index contributed by atoms with van der Waals surface area (Å²) in [4.78, 5) is 20.3. The zero-order valence-corrected chi connectivity index (χ0v) is 14.1. The number of benzene rings is 2. The first-order chi connectivity index (χ1) is 12.0. The lowest BCUT2D eigenvalue weighted by molar-refractivity contribution is 0.102. The first kappa shape index (κ1) is 17.1. The minimum atomic E-state index is -0.517. The summed E-state index contributed by atoms with van der Waals surface area (Å²) in [6.07, 6.45) is 1.25. The third-order valence-corrected chi connectivity index (χ3v) is 3.70. The average molecular weight is 377 g/mol. The molecule has 0 radical (unpaired) electrons. The van der Waals surface area contributed by atoms with Crippen LogP contribution in [0.5, 0.6) is 0 Å². The van der Waals surface area contributed by atoms with E-state index in [1.807, 2.05) is 0 Å². The number of nitrogens with zero attached hydrogens (tertiary/aromatic N) is 2. The van der Waals surface area contributed by atoms with E-state index in [9.17, 15) is 9.18 Å². The molecule has 25 heavy (non-hydrogen) atoms. The van der Waals surface area contributed by atoms with Gasteiger partial charge in [0, 0.05) is 22.5 Å². The molecule has 2 N–H and O–H groups in total. The van der Waals surface area contributed by atoms with Gasteiger partial charge in [-0.05, 0) is 36.4 Å². The van der Waals surface area contributed by atoms with Crippen LogP contribution in [0, 0.1) is 5.82 Å². The molecule has 0 atom stereocenters. The Kier molecular flexibility index (Phi) is 5.11. The second kappa shape index (κ2) is 7.46. The fraction of sp³-hybridized carbons (Fsp3) is 0. The fourth-order valence-electron chi connectivity index (χ4n) is 2.03. The van der Waals surface area contributed by atoms with E-state index in [-0.39, 0.29) is 10.7 Å². The predicted molar refractivity (Wildman–Crippen MR) is 96.1 cm³/mol. The van der Waals surface area contributed by atoms with Crippen molar-refractivity contribution in [1.29, 1.82) is 0 Å². The van der Waals surface area contributed by atoms with Gasteiger partial charge in [-0.3, -0.25) is 4.79 Å². The molecule has 0 saturated heterocycles. The largest absolute Gasteiger partial charge is 0.340 e. The number of amides is 1. The summed E-state index contributed by atoms with van der Waals surface area (Å²) in [7, 11) is 0. The summed E-state index contributed by atoms with van der Waals surface area (Å²) < 4.78 is 13.2. The predicted octanol–water partition coefficient (Wildman–Crippen LogP) is 4.92. The maximum Gasteiger partial charge on any atom is 0.274 e. The Hall–Kier alpha value is -2.70. The van der Waals surface area contributed by atoms with Gasteiger partial charge >= 0.3 is 0 Å². The minimum Gasteiger partial charge on any atom is -0.340 e. The zero-order valence-electron chi connectivity index (χ0n) is 12.6. The molecule has 1 heterocycles. The number of anilines is 3. The van der Waals surface area contributed by atoms with Gasteiger partial charge in [0.2, 0.25) is 0 Å². The van der Waals surface area contributed by atoms with Crippen LogP contribution in [0.2, 0.25) is 10.0 Å². The molecule has 0 spiro atoms. The maximum atomic E-state index is 13.2. The molecule has 8 heteroatoms. The first-order valence-electron chi connectivity index (χ1n) is 7.12. The Morgan fingerprint density at radius 3 is 2.60 bits per heavy atom. The van der Waals surface area contributed by atoms with E-state index in [0.717, 1.165) is 0 Å². The molecule has 126 valence electrons. The standard InChI is InChI=1S/C17H11Cl2FN4O/c18-10-2-1-3-11(6-10)24-17(25)15-8-16(22-9-21-15)23-12-4-5-14(20)13(19)7-12/h1-9H,(H,24,25)(H,21,22,23). The second-order valence-corrected chi connectivity index (χ2v) is 5.85. The van der Waals surface area contributed by atoms with Crippen molar-refractivity contribution in [3.8, 4) is 0 Å². The smallest absolute Gasteiger partial charge is 0.274 e. The molecule has 0 bridgehead atoms. The monoisotopic (exact) mass is 376 g/mol. The van der Waals surface area contributed by atoms with Gasteiger partial charge in [-0.1, -0.05) is 29.3 Å². The summed E-state index contributed by atoms with van der Waals surface area (Å²) in [5.41, 5.74) is 1.24. The van der Waals surface area contributed by atoms with Gasteiger partial charge in [0.25, 0.3) is 5.91 Å². The number of carbonyl (C=O) groups excluding carboxylic acids is 1. The number of aromatic nitrogens is 2. The molecule has 0 fully saturated rings. The first-order valence-corrected chi connectivity index (χ1v) is 7.88. The van der Waals surface area contributed by atoms with Crippen LogP contribution < -0.4 is 10.6 Å². The van der Waals surface area contributed by atoms with Crippen molar-refractivity contribution in [1.82, 2.24) is 9.97 Å². The maximum absolute atomic E-state index is 13.2. The summed E-state index contributed by atoms with van der Waals surface area (Å²) in [5.74, 6) is -0.560. The summed E-state index contributed by atoms with van der Waals surface area (Å²) in [6.45, 7) is 0. The summed E-state index contributed by atoms with van der Waals surface area (Å²) >= 11 is 11.6. The average Bonchev–Trinajstić information content (AvgIpc) is 2.58. The molecule has 1 aromatic heterocycles. The van der Waals surface area contributed by atoms with E-state index < -0.39 is 11.7 Å². The van der Waals surface area contributed by atoms with Crippen molar-refractivity contribution in [3.63, 3.8) is 0 Å². The van der Waals surface area contributed by atoms with Crippen LogP contribution in [-0.4, -0.2) is 15.9 Å². The van der Waals surface area contributed by atoms with Crippen molar-refractivity contribution in [2.75, 3.05) is 10.6 Å². The van der Waals surface area contributed by atoms with Crippen LogP contribution in [0.3, 0.4) is 0 Å². The number of carbonyl (C=O) groups is 1. The van der Waals surface area contributed by atoms with Crippen LogP contribution in [0.1, 0.15) is 10.5 Å². The van der Waals surface area contributed by atoms with Gasteiger partial charge in [0.05, 0.1) is 5.02 Å². The fourth-order valence-corrected chi connectivity index (χ4v) is 2.40. The molecule has 1 amide bonds. The lowest BCUT2D eigenvalue weighted by Crippen LogP contribution is -2.14. The van der Waals surface area contributed by atoms with Gasteiger partial charge < -0.3 is 10.6 Å². The van der Waals surface area contributed by atoms with Gasteiger partial charge in [-0.2, -0.15) is 0 Å². The minimum absolute atomic E-state index is 0.0158.